The zero-order valence-electron chi connectivity index (χ0n) is 55.0. The summed E-state index contributed by atoms with van der Waals surface area (Å²) in [5.41, 5.74) is 5.45. The summed E-state index contributed by atoms with van der Waals surface area (Å²) in [6, 6.07) is 36.4. The lowest BCUT2D eigenvalue weighted by Crippen LogP contribution is -2.60. The molecule has 0 spiro atoms. The summed E-state index contributed by atoms with van der Waals surface area (Å²) >= 11 is 0. The number of aldehydes is 2. The number of carbonyl (C=O) groups excluding carboxylic acids is 7. The molecule has 7 aromatic carbocycles. The molecular weight excluding hydrogens is 1240 g/mol. The summed E-state index contributed by atoms with van der Waals surface area (Å²) in [7, 11) is 0. The highest BCUT2D eigenvalue weighted by Gasteiger charge is 2.35. The van der Waals surface area contributed by atoms with E-state index in [1.807, 2.05) is 24.4 Å². The van der Waals surface area contributed by atoms with Gasteiger partial charge in [-0.25, -0.2) is 0 Å². The Bertz CT molecular complexity index is 3930. The normalized spacial score (nSPS) is 17.9. The lowest BCUT2D eigenvalue weighted by molar-refractivity contribution is -0.135. The summed E-state index contributed by atoms with van der Waals surface area (Å²) < 4.78 is 0. The Balaban J connectivity index is 0.963. The van der Waals surface area contributed by atoms with Crippen molar-refractivity contribution < 1.29 is 64.2 Å². The topological polar surface area (TPSA) is 341 Å². The van der Waals surface area contributed by atoms with E-state index in [-0.39, 0.29) is 103 Å². The molecule has 5 amide bonds. The van der Waals surface area contributed by atoms with E-state index in [1.165, 1.54) is 72.8 Å². The van der Waals surface area contributed by atoms with Gasteiger partial charge in [0.1, 0.15) is 71.2 Å². The van der Waals surface area contributed by atoms with Gasteiger partial charge in [0.05, 0.1) is 18.1 Å². The van der Waals surface area contributed by atoms with Crippen molar-refractivity contribution in [3.8, 4) is 34.5 Å². The van der Waals surface area contributed by atoms with Crippen LogP contribution < -0.4 is 37.2 Å². The molecule has 7 unspecified atom stereocenters. The Morgan fingerprint density at radius 2 is 0.684 bits per heavy atom. The first-order valence-electron chi connectivity index (χ1n) is 33.4. The third-order valence-corrected chi connectivity index (χ3v) is 18.2. The molecule has 1 aliphatic rings. The fraction of sp³-hybridized carbons (Fsp3) is 0.338. The van der Waals surface area contributed by atoms with Gasteiger partial charge in [-0.3, -0.25) is 24.0 Å². The van der Waals surface area contributed by atoms with Crippen LogP contribution in [0.15, 0.2) is 176 Å². The molecule has 98 heavy (non-hydrogen) atoms. The number of amides is 5. The number of phenols is 6. The van der Waals surface area contributed by atoms with Crippen LogP contribution >= 0.6 is 0 Å². The molecule has 1 aliphatic carbocycles. The quantitative estimate of drug-likeness (QED) is 0.0194. The monoisotopic (exact) mass is 1330 g/mol. The Hall–Kier alpha value is -10.5. The molecule has 0 saturated heterocycles. The van der Waals surface area contributed by atoms with Crippen LogP contribution in [-0.2, 0) is 78.5 Å². The molecule has 0 radical (unpaired) electrons. The molecule has 1 heterocycles. The summed E-state index contributed by atoms with van der Waals surface area (Å²) in [5, 5.41) is 83.9. The first-order valence-corrected chi connectivity index (χ1v) is 33.4. The number of H-pyrrole nitrogens is 1. The van der Waals surface area contributed by atoms with Crippen molar-refractivity contribution >= 4 is 53.0 Å². The van der Waals surface area contributed by atoms with Crippen LogP contribution in [0.5, 0.6) is 34.5 Å². The molecule has 14 N–H and O–H groups in total. The second kappa shape index (κ2) is 34.9. The average molecular weight is 1330 g/mol. The van der Waals surface area contributed by atoms with Gasteiger partial charge >= 0.3 is 0 Å². The van der Waals surface area contributed by atoms with Crippen LogP contribution in [0, 0.1) is 11.8 Å². The van der Waals surface area contributed by atoms with Crippen molar-refractivity contribution in [1.29, 1.82) is 0 Å². The van der Waals surface area contributed by atoms with Crippen LogP contribution in [0.25, 0.3) is 10.9 Å². The number of hydrogen-bond acceptors (Lipinski definition) is 15. The second-order valence-corrected chi connectivity index (χ2v) is 26.1. The number of benzene rings is 7. The molecule has 1 fully saturated rings. The highest BCUT2D eigenvalue weighted by Crippen LogP contribution is 2.28. The number of nitrogens with one attached hydrogen (secondary N) is 8. The van der Waals surface area contributed by atoms with Crippen molar-refractivity contribution in [2.24, 2.45) is 11.8 Å². The van der Waals surface area contributed by atoms with Crippen molar-refractivity contribution in [3.05, 3.63) is 215 Å². The fourth-order valence-corrected chi connectivity index (χ4v) is 12.8. The van der Waals surface area contributed by atoms with E-state index in [4.69, 9.17) is 0 Å². The Morgan fingerprint density at radius 3 is 1.04 bits per heavy atom. The van der Waals surface area contributed by atoms with Crippen molar-refractivity contribution in [3.63, 3.8) is 0 Å². The minimum absolute atomic E-state index is 0.00497. The number of fused-ring (bicyclic) bond motifs is 1. The number of aromatic nitrogens is 1. The predicted molar refractivity (Wildman–Crippen MR) is 372 cm³/mol. The minimum Gasteiger partial charge on any atom is -0.508 e. The van der Waals surface area contributed by atoms with Gasteiger partial charge in [0, 0.05) is 54.9 Å². The second-order valence-electron chi connectivity index (χ2n) is 26.1. The molecule has 21 heteroatoms. The fourth-order valence-electron chi connectivity index (χ4n) is 12.8. The van der Waals surface area contributed by atoms with Crippen LogP contribution in [0.2, 0.25) is 0 Å². The first-order chi connectivity index (χ1) is 47.2. The smallest absolute Gasteiger partial charge is 0.243 e. The van der Waals surface area contributed by atoms with Gasteiger partial charge in [-0.1, -0.05) is 105 Å². The van der Waals surface area contributed by atoms with Gasteiger partial charge in [-0.05, 0) is 187 Å². The molecule has 0 aliphatic heterocycles. The van der Waals surface area contributed by atoms with E-state index in [2.05, 4.69) is 62.1 Å². The van der Waals surface area contributed by atoms with E-state index < -0.39 is 65.8 Å². The van der Waals surface area contributed by atoms with E-state index in [0.29, 0.717) is 53.4 Å². The van der Waals surface area contributed by atoms with Crippen molar-refractivity contribution in [2.45, 2.75) is 152 Å². The SMILES string of the molecule is CC1CCC(N[C@H](C=O)Cc2c[nH]c3ccccc23)CC(C)CCC(NC(Cc2ccc(O)cc2)C(=O)N[C@@H](Cc2ccc(O)cc2)C(=O)NC(Cc2ccc(O)cc2)C(=O)N[C@@H](Cc2ccc(O)cc2)C(=O)NC(Cc2ccc(O)cc2)C(=O)N[C@H](C=O)Cc2ccc(O)cc2)C1. The number of hydrogen-bond donors (Lipinski definition) is 14. The van der Waals surface area contributed by atoms with Crippen molar-refractivity contribution in [2.75, 3.05) is 0 Å². The zero-order chi connectivity index (χ0) is 69.7. The maximum absolute atomic E-state index is 15.3. The Morgan fingerprint density at radius 1 is 0.378 bits per heavy atom. The van der Waals surface area contributed by atoms with Crippen LogP contribution in [0.4, 0.5) is 0 Å². The summed E-state index contributed by atoms with van der Waals surface area (Å²) in [6.07, 6.45) is 8.32. The molecular formula is C77H88N8O13. The molecule has 514 valence electrons. The number of aromatic hydroxyl groups is 6. The van der Waals surface area contributed by atoms with Gasteiger partial charge in [-0.2, -0.15) is 0 Å². The lowest BCUT2D eigenvalue weighted by atomic mass is 9.84. The highest BCUT2D eigenvalue weighted by molar-refractivity contribution is 5.97. The molecule has 0 bridgehead atoms. The summed E-state index contributed by atoms with van der Waals surface area (Å²) in [4.78, 5) is 104. The molecule has 8 aromatic rings. The van der Waals surface area contributed by atoms with Gasteiger partial charge < -0.3 is 82.4 Å². The lowest BCUT2D eigenvalue weighted by Gasteiger charge is -2.33. The Kier molecular flexibility index (Phi) is 25.6. The number of para-hydroxylation sites is 1. The molecule has 21 nitrogen and oxygen atoms in total. The summed E-state index contributed by atoms with van der Waals surface area (Å²) in [5.74, 6) is -3.56. The minimum atomic E-state index is -1.48. The van der Waals surface area contributed by atoms with E-state index >= 15 is 14.4 Å². The number of carbonyl (C=O) groups is 7. The van der Waals surface area contributed by atoms with Crippen LogP contribution in [0.1, 0.15) is 91.3 Å². The molecule has 9 rings (SSSR count). The summed E-state index contributed by atoms with van der Waals surface area (Å²) in [6.45, 7) is 4.39. The van der Waals surface area contributed by atoms with Crippen molar-refractivity contribution in [1.82, 2.24) is 42.2 Å². The third-order valence-electron chi connectivity index (χ3n) is 18.2. The molecule has 1 aromatic heterocycles. The number of aromatic amines is 1. The Labute approximate surface area is 569 Å². The maximum Gasteiger partial charge on any atom is 0.243 e. The van der Waals surface area contributed by atoms with Gasteiger partial charge in [0.2, 0.25) is 29.5 Å². The van der Waals surface area contributed by atoms with Crippen LogP contribution in [0.3, 0.4) is 0 Å². The largest absolute Gasteiger partial charge is 0.508 e. The average Bonchev–Trinajstić information content (AvgIpc) is 1.83. The van der Waals surface area contributed by atoms with E-state index in [0.717, 1.165) is 54.0 Å². The predicted octanol–water partition coefficient (Wildman–Crippen LogP) is 7.50. The number of phenolic OH excluding ortho intramolecular Hbond substituents is 6. The van der Waals surface area contributed by atoms with Crippen LogP contribution in [-0.4, -0.2) is 132 Å². The molecule has 1 saturated carbocycles. The molecule has 11 atom stereocenters. The van der Waals surface area contributed by atoms with E-state index in [9.17, 15) is 49.8 Å². The highest BCUT2D eigenvalue weighted by atomic mass is 16.3. The zero-order valence-corrected chi connectivity index (χ0v) is 55.0. The van der Waals surface area contributed by atoms with Gasteiger partial charge in [0.15, 0.2) is 0 Å². The van der Waals surface area contributed by atoms with Gasteiger partial charge in [-0.15, -0.1) is 0 Å². The number of rotatable bonds is 30. The standard InChI is InChI=1S/C77H88N8O13/c1-47-8-22-57(36-48(2)7-21-56(35-47)79-59(46-87)43-55-44-78-67-6-4-3-5-66(55)67)80-68(38-50-11-25-61(89)26-12-50)74(95)83-70(40-52-15-29-63(91)30-16-52)76(97)85-72(42-54-19-33-65(93)34-20-54)77(98)84-71(41-53-17-31-64(92)32-18-53)75(96)82-69(39-51-13-27-62(90)28-14-51)73(94)81-58(45-86)37-49-9-23-60(88)24-10-49/h3-6,9-20,23-34,44-48,56-59,68-72,78-80,88-93H,7-8,21-22,35-43H2,1-2H3,(H,81,94)(H,82,96)(H,83,95)(H,84,98)(H,85,97)/t47?,48?,56?,57?,58-,59-,68?,69?,70-,71-,72?/m0/s1. The third kappa shape index (κ3) is 21.8. The first kappa shape index (κ1) is 71.8. The van der Waals surface area contributed by atoms with Gasteiger partial charge in [0.25, 0.3) is 0 Å². The maximum atomic E-state index is 15.3. The van der Waals surface area contributed by atoms with E-state index in [1.54, 1.807) is 72.8 Å².